The van der Waals surface area contributed by atoms with Gasteiger partial charge in [-0.1, -0.05) is 84.8 Å². The van der Waals surface area contributed by atoms with Crippen molar-refractivity contribution in [3.63, 3.8) is 0 Å². The van der Waals surface area contributed by atoms with Crippen LogP contribution in [0.3, 0.4) is 0 Å². The van der Waals surface area contributed by atoms with Gasteiger partial charge in [0.1, 0.15) is 18.3 Å². The number of aryl methyl sites for hydroxylation is 2. The second-order valence-corrected chi connectivity index (χ2v) is 14.0. The van der Waals surface area contributed by atoms with E-state index in [1.165, 1.54) is 17.0 Å². The Hall–Kier alpha value is -4.34. The van der Waals surface area contributed by atoms with E-state index < -0.39 is 28.5 Å². The molecule has 0 aromatic heterocycles. The van der Waals surface area contributed by atoms with E-state index in [0.29, 0.717) is 22.8 Å². The van der Waals surface area contributed by atoms with Gasteiger partial charge in [0, 0.05) is 24.0 Å². The van der Waals surface area contributed by atoms with Gasteiger partial charge in [-0.25, -0.2) is 8.42 Å². The molecule has 0 spiro atoms. The monoisotopic (exact) mass is 675 g/mol. The topological polar surface area (TPSA) is 96.0 Å². The number of nitrogens with one attached hydrogen (secondary N) is 1. The number of nitrogens with zero attached hydrogens (tertiary/aromatic N) is 2. The first-order valence-corrected chi connectivity index (χ1v) is 17.4. The Kier molecular flexibility index (Phi) is 12.1. The van der Waals surface area contributed by atoms with Crippen molar-refractivity contribution in [1.29, 1.82) is 0 Å². The fourth-order valence-electron chi connectivity index (χ4n) is 5.16. The summed E-state index contributed by atoms with van der Waals surface area (Å²) in [6.07, 6.45) is 0.921. The van der Waals surface area contributed by atoms with Crippen molar-refractivity contribution >= 4 is 39.1 Å². The van der Waals surface area contributed by atoms with Crippen molar-refractivity contribution in [2.24, 2.45) is 0 Å². The first kappa shape index (κ1) is 35.5. The number of carbonyl (C=O) groups is 2. The van der Waals surface area contributed by atoms with Crippen LogP contribution in [0.1, 0.15) is 42.5 Å². The van der Waals surface area contributed by atoms with Gasteiger partial charge < -0.3 is 15.0 Å². The third-order valence-electron chi connectivity index (χ3n) is 8.09. The van der Waals surface area contributed by atoms with Crippen LogP contribution in [0, 0.1) is 13.8 Å². The number of halogens is 1. The summed E-state index contributed by atoms with van der Waals surface area (Å²) in [4.78, 5) is 30.2. The predicted octanol–water partition coefficient (Wildman–Crippen LogP) is 6.72. The van der Waals surface area contributed by atoms with Gasteiger partial charge in [-0.2, -0.15) is 0 Å². The number of benzene rings is 4. The molecule has 2 atom stereocenters. The van der Waals surface area contributed by atoms with Crippen LogP contribution in [0.5, 0.6) is 5.75 Å². The van der Waals surface area contributed by atoms with Gasteiger partial charge >= 0.3 is 0 Å². The molecule has 0 saturated heterocycles. The summed E-state index contributed by atoms with van der Waals surface area (Å²) in [7, 11) is -2.69. The van der Waals surface area contributed by atoms with Crippen molar-refractivity contribution in [3.05, 3.63) is 124 Å². The highest BCUT2D eigenvalue weighted by atomic mass is 35.5. The second kappa shape index (κ2) is 16.0. The van der Waals surface area contributed by atoms with Crippen LogP contribution >= 0.6 is 11.6 Å². The highest BCUT2D eigenvalue weighted by Gasteiger charge is 2.35. The maximum atomic E-state index is 14.7. The summed E-state index contributed by atoms with van der Waals surface area (Å²) in [5.41, 5.74) is 3.36. The number of ether oxygens (including phenoxy) is 1. The number of carbonyl (C=O) groups excluding carboxylic acids is 2. The molecule has 47 heavy (non-hydrogen) atoms. The van der Waals surface area contributed by atoms with Crippen molar-refractivity contribution in [3.8, 4) is 5.75 Å². The van der Waals surface area contributed by atoms with E-state index >= 15 is 0 Å². The zero-order valence-electron chi connectivity index (χ0n) is 27.4. The highest BCUT2D eigenvalue weighted by Crippen LogP contribution is 2.30. The lowest BCUT2D eigenvalue weighted by molar-refractivity contribution is -0.140. The Balaban J connectivity index is 1.85. The zero-order chi connectivity index (χ0) is 34.1. The minimum Gasteiger partial charge on any atom is -0.497 e. The molecule has 0 aliphatic heterocycles. The third-order valence-corrected chi connectivity index (χ3v) is 10.1. The summed E-state index contributed by atoms with van der Waals surface area (Å²) in [5.74, 6) is -0.286. The number of amides is 2. The van der Waals surface area contributed by atoms with E-state index in [2.05, 4.69) is 5.32 Å². The lowest BCUT2D eigenvalue weighted by Gasteiger charge is -2.34. The van der Waals surface area contributed by atoms with E-state index in [0.717, 1.165) is 21.0 Å². The molecule has 0 saturated carbocycles. The predicted molar refractivity (Wildman–Crippen MR) is 187 cm³/mol. The normalized spacial score (nSPS) is 12.6. The van der Waals surface area contributed by atoms with E-state index in [9.17, 15) is 18.0 Å². The number of sulfonamides is 1. The van der Waals surface area contributed by atoms with E-state index in [1.54, 1.807) is 56.5 Å². The Morgan fingerprint density at radius 1 is 0.894 bits per heavy atom. The molecule has 4 aromatic rings. The molecule has 10 heteroatoms. The van der Waals surface area contributed by atoms with Crippen molar-refractivity contribution in [1.82, 2.24) is 10.2 Å². The maximum Gasteiger partial charge on any atom is 0.264 e. The molecular weight excluding hydrogens is 634 g/mol. The van der Waals surface area contributed by atoms with Gasteiger partial charge in [-0.3, -0.25) is 13.9 Å². The molecule has 2 amide bonds. The fraction of sp³-hybridized carbons (Fsp3) is 0.297. The largest absolute Gasteiger partial charge is 0.497 e. The lowest BCUT2D eigenvalue weighted by atomic mass is 10.0. The van der Waals surface area contributed by atoms with Gasteiger partial charge in [-0.15, -0.1) is 0 Å². The minimum atomic E-state index is -4.24. The molecule has 0 aliphatic carbocycles. The standard InChI is InChI=1S/C37H42ClN3O5S/c1-6-28(4)39-37(43)35(22-29-11-8-7-9-12-29)40(24-30-13-10-14-32(21-30)46-5)36(42)25-41(34-23-31(38)18-17-27(34)3)47(44,45)33-19-15-26(2)16-20-33/h7-21,23,28,35H,6,22,24-25H2,1-5H3,(H,39,43)/t28-,35+/m0/s1. The summed E-state index contributed by atoms with van der Waals surface area (Å²) < 4.78 is 35.1. The van der Waals surface area contributed by atoms with E-state index in [4.69, 9.17) is 16.3 Å². The molecule has 0 radical (unpaired) electrons. The maximum absolute atomic E-state index is 14.7. The Bertz CT molecular complexity index is 1780. The Morgan fingerprint density at radius 3 is 2.23 bits per heavy atom. The quantitative estimate of drug-likeness (QED) is 0.160. The van der Waals surface area contributed by atoms with Crippen LogP contribution in [-0.2, 0) is 32.6 Å². The summed E-state index contributed by atoms with van der Waals surface area (Å²) in [6, 6.07) is 27.0. The zero-order valence-corrected chi connectivity index (χ0v) is 29.0. The smallest absolute Gasteiger partial charge is 0.264 e. The SMILES string of the molecule is CC[C@H](C)NC(=O)[C@@H](Cc1ccccc1)N(Cc1cccc(OC)c1)C(=O)CN(c1cc(Cl)ccc1C)S(=O)(=O)c1ccc(C)cc1. The molecule has 0 heterocycles. The lowest BCUT2D eigenvalue weighted by Crippen LogP contribution is -2.54. The van der Waals surface area contributed by atoms with Crippen molar-refractivity contribution < 1.29 is 22.7 Å². The molecule has 4 aromatic carbocycles. The molecule has 1 N–H and O–H groups in total. The van der Waals surface area contributed by atoms with Gasteiger partial charge in [0.05, 0.1) is 17.7 Å². The number of hydrogen-bond acceptors (Lipinski definition) is 5. The molecule has 0 aliphatic rings. The van der Waals surface area contributed by atoms with Crippen molar-refractivity contribution in [2.45, 2.75) is 64.1 Å². The van der Waals surface area contributed by atoms with Gasteiger partial charge in [0.25, 0.3) is 10.0 Å². The highest BCUT2D eigenvalue weighted by molar-refractivity contribution is 7.92. The van der Waals surface area contributed by atoms with Crippen LogP contribution in [-0.4, -0.2) is 50.9 Å². The van der Waals surface area contributed by atoms with Crippen molar-refractivity contribution in [2.75, 3.05) is 18.0 Å². The second-order valence-electron chi connectivity index (χ2n) is 11.7. The van der Waals surface area contributed by atoms with Crippen LogP contribution in [0.4, 0.5) is 5.69 Å². The average molecular weight is 676 g/mol. The molecule has 8 nitrogen and oxygen atoms in total. The fourth-order valence-corrected chi connectivity index (χ4v) is 6.80. The summed E-state index contributed by atoms with van der Waals surface area (Å²) in [6.45, 7) is 6.98. The molecular formula is C37H42ClN3O5S. The van der Waals surface area contributed by atoms with Gasteiger partial charge in [-0.05, 0) is 80.3 Å². The van der Waals surface area contributed by atoms with Crippen LogP contribution in [0.15, 0.2) is 102 Å². The summed E-state index contributed by atoms with van der Waals surface area (Å²) >= 11 is 6.38. The van der Waals surface area contributed by atoms with E-state index in [1.807, 2.05) is 63.2 Å². The molecule has 4 rings (SSSR count). The molecule has 0 unspecified atom stereocenters. The summed E-state index contributed by atoms with van der Waals surface area (Å²) in [5, 5.41) is 3.37. The van der Waals surface area contributed by atoms with E-state index in [-0.39, 0.29) is 35.5 Å². The molecule has 248 valence electrons. The number of hydrogen-bond donors (Lipinski definition) is 1. The number of methoxy groups -OCH3 is 1. The Labute approximate surface area is 283 Å². The molecule has 0 bridgehead atoms. The van der Waals surface area contributed by atoms with Gasteiger partial charge in [0.15, 0.2) is 0 Å². The third kappa shape index (κ3) is 9.14. The Morgan fingerprint density at radius 2 is 1.57 bits per heavy atom. The average Bonchev–Trinajstić information content (AvgIpc) is 3.06. The van der Waals surface area contributed by atoms with Crippen LogP contribution in [0.2, 0.25) is 5.02 Å². The first-order valence-electron chi connectivity index (χ1n) is 15.5. The van der Waals surface area contributed by atoms with Crippen LogP contribution in [0.25, 0.3) is 0 Å². The van der Waals surface area contributed by atoms with Gasteiger partial charge in [0.2, 0.25) is 11.8 Å². The van der Waals surface area contributed by atoms with Crippen LogP contribution < -0.4 is 14.4 Å². The minimum absolute atomic E-state index is 0.0324. The first-order chi connectivity index (χ1) is 22.4. The number of anilines is 1. The molecule has 0 fully saturated rings. The number of rotatable bonds is 14.